The largest absolute Gasteiger partial charge is 0.494 e. The average molecular weight is 292 g/mol. The molecule has 0 bridgehead atoms. The highest BCUT2D eigenvalue weighted by molar-refractivity contribution is 5.81. The fourth-order valence-corrected chi connectivity index (χ4v) is 2.52. The fourth-order valence-electron chi connectivity index (χ4n) is 2.52. The maximum atomic E-state index is 12.3. The standard InChI is InChI=1S/C16H24N2O3/c1-3-20-13-6-4-12(5-7-13)11-18(2)16(19)15-9-8-14(10-17)21-15/h4-7,14-15H,3,8-11,17H2,1-2H3/t14-,15+/m1/s1. The van der Waals surface area contributed by atoms with Crippen LogP contribution in [-0.2, 0) is 16.1 Å². The minimum Gasteiger partial charge on any atom is -0.494 e. The van der Waals surface area contributed by atoms with Crippen LogP contribution in [0.1, 0.15) is 25.3 Å². The molecule has 0 spiro atoms. The normalized spacial score (nSPS) is 21.3. The lowest BCUT2D eigenvalue weighted by molar-refractivity contribution is -0.141. The van der Waals surface area contributed by atoms with Crippen molar-refractivity contribution in [2.24, 2.45) is 5.73 Å². The van der Waals surface area contributed by atoms with Gasteiger partial charge in [-0.3, -0.25) is 4.79 Å². The Morgan fingerprint density at radius 2 is 2.10 bits per heavy atom. The summed E-state index contributed by atoms with van der Waals surface area (Å²) in [7, 11) is 1.80. The Morgan fingerprint density at radius 1 is 1.38 bits per heavy atom. The average Bonchev–Trinajstić information content (AvgIpc) is 2.97. The van der Waals surface area contributed by atoms with Gasteiger partial charge in [-0.25, -0.2) is 0 Å². The lowest BCUT2D eigenvalue weighted by Gasteiger charge is -2.21. The van der Waals surface area contributed by atoms with E-state index in [1.165, 1.54) is 0 Å². The second kappa shape index (κ2) is 7.43. The third kappa shape index (κ3) is 4.19. The van der Waals surface area contributed by atoms with E-state index < -0.39 is 0 Å². The molecule has 0 saturated carbocycles. The number of rotatable bonds is 6. The molecule has 0 aliphatic carbocycles. The first-order chi connectivity index (χ1) is 10.1. The molecule has 1 aromatic carbocycles. The first kappa shape index (κ1) is 15.8. The number of carbonyl (C=O) groups excluding carboxylic acids is 1. The van der Waals surface area contributed by atoms with E-state index in [1.54, 1.807) is 11.9 Å². The second-order valence-electron chi connectivity index (χ2n) is 5.33. The summed E-state index contributed by atoms with van der Waals surface area (Å²) in [5.41, 5.74) is 6.64. The van der Waals surface area contributed by atoms with Crippen molar-refractivity contribution in [3.8, 4) is 5.75 Å². The monoisotopic (exact) mass is 292 g/mol. The molecule has 1 heterocycles. The summed E-state index contributed by atoms with van der Waals surface area (Å²) in [4.78, 5) is 14.0. The predicted molar refractivity (Wildman–Crippen MR) is 81.0 cm³/mol. The summed E-state index contributed by atoms with van der Waals surface area (Å²) in [6, 6.07) is 7.81. The minimum absolute atomic E-state index is 0.0258. The summed E-state index contributed by atoms with van der Waals surface area (Å²) in [5.74, 6) is 0.875. The SMILES string of the molecule is CCOc1ccc(CN(C)C(=O)[C@@H]2CC[C@H](CN)O2)cc1. The maximum Gasteiger partial charge on any atom is 0.251 e. The smallest absolute Gasteiger partial charge is 0.251 e. The van der Waals surface area contributed by atoms with Crippen LogP contribution in [0.3, 0.4) is 0 Å². The Labute approximate surface area is 126 Å². The highest BCUT2D eigenvalue weighted by Gasteiger charge is 2.31. The van der Waals surface area contributed by atoms with E-state index >= 15 is 0 Å². The number of amides is 1. The van der Waals surface area contributed by atoms with Crippen LogP contribution in [0.25, 0.3) is 0 Å². The molecular weight excluding hydrogens is 268 g/mol. The van der Waals surface area contributed by atoms with Crippen molar-refractivity contribution in [3.05, 3.63) is 29.8 Å². The molecule has 21 heavy (non-hydrogen) atoms. The Bertz CT molecular complexity index is 461. The Balaban J connectivity index is 1.88. The van der Waals surface area contributed by atoms with Crippen LogP contribution in [0.5, 0.6) is 5.75 Å². The third-order valence-corrected chi connectivity index (χ3v) is 3.68. The Kier molecular flexibility index (Phi) is 5.59. The molecule has 1 fully saturated rings. The minimum atomic E-state index is -0.341. The molecule has 0 radical (unpaired) electrons. The molecule has 1 amide bonds. The van der Waals surface area contributed by atoms with Gasteiger partial charge in [-0.15, -0.1) is 0 Å². The fraction of sp³-hybridized carbons (Fsp3) is 0.562. The predicted octanol–water partition coefficient (Wildman–Crippen LogP) is 1.55. The number of hydrogen-bond acceptors (Lipinski definition) is 4. The maximum absolute atomic E-state index is 12.3. The van der Waals surface area contributed by atoms with E-state index in [0.717, 1.165) is 24.2 Å². The zero-order valence-electron chi connectivity index (χ0n) is 12.7. The number of hydrogen-bond donors (Lipinski definition) is 1. The molecule has 0 unspecified atom stereocenters. The lowest BCUT2D eigenvalue weighted by Crippen LogP contribution is -2.36. The van der Waals surface area contributed by atoms with Gasteiger partial charge < -0.3 is 20.1 Å². The van der Waals surface area contributed by atoms with Crippen LogP contribution >= 0.6 is 0 Å². The topological polar surface area (TPSA) is 64.8 Å². The number of likely N-dealkylation sites (N-methyl/N-ethyl adjacent to an activating group) is 1. The van der Waals surface area contributed by atoms with Gasteiger partial charge in [0.25, 0.3) is 5.91 Å². The highest BCUT2D eigenvalue weighted by atomic mass is 16.5. The number of ether oxygens (including phenoxy) is 2. The van der Waals surface area contributed by atoms with Gasteiger partial charge in [0.2, 0.25) is 0 Å². The van der Waals surface area contributed by atoms with Gasteiger partial charge in [-0.2, -0.15) is 0 Å². The molecule has 1 aliphatic rings. The molecular formula is C16H24N2O3. The van der Waals surface area contributed by atoms with Crippen molar-refractivity contribution in [3.63, 3.8) is 0 Å². The summed E-state index contributed by atoms with van der Waals surface area (Å²) in [6.45, 7) is 3.65. The molecule has 1 aliphatic heterocycles. The molecule has 5 heteroatoms. The van der Waals surface area contributed by atoms with E-state index in [4.69, 9.17) is 15.2 Å². The van der Waals surface area contributed by atoms with Crippen molar-refractivity contribution < 1.29 is 14.3 Å². The molecule has 2 atom stereocenters. The molecule has 0 aromatic heterocycles. The molecule has 1 aromatic rings. The van der Waals surface area contributed by atoms with E-state index in [2.05, 4.69) is 0 Å². The van der Waals surface area contributed by atoms with Gasteiger partial charge in [0.1, 0.15) is 11.9 Å². The van der Waals surface area contributed by atoms with Gasteiger partial charge in [0.15, 0.2) is 0 Å². The number of carbonyl (C=O) groups is 1. The van der Waals surface area contributed by atoms with Crippen molar-refractivity contribution in [2.75, 3.05) is 20.2 Å². The summed E-state index contributed by atoms with van der Waals surface area (Å²) in [5, 5.41) is 0. The van der Waals surface area contributed by atoms with Crippen LogP contribution < -0.4 is 10.5 Å². The van der Waals surface area contributed by atoms with Gasteiger partial charge in [0.05, 0.1) is 12.7 Å². The second-order valence-corrected chi connectivity index (χ2v) is 5.33. The number of benzene rings is 1. The quantitative estimate of drug-likeness (QED) is 0.864. The van der Waals surface area contributed by atoms with Crippen LogP contribution in [0, 0.1) is 0 Å². The van der Waals surface area contributed by atoms with E-state index in [0.29, 0.717) is 19.7 Å². The van der Waals surface area contributed by atoms with Crippen LogP contribution in [-0.4, -0.2) is 43.2 Å². The van der Waals surface area contributed by atoms with Crippen molar-refractivity contribution in [1.29, 1.82) is 0 Å². The molecule has 2 rings (SSSR count). The third-order valence-electron chi connectivity index (χ3n) is 3.68. The Hall–Kier alpha value is -1.59. The molecule has 2 N–H and O–H groups in total. The summed E-state index contributed by atoms with van der Waals surface area (Å²) < 4.78 is 11.1. The van der Waals surface area contributed by atoms with Crippen LogP contribution in [0.2, 0.25) is 0 Å². The van der Waals surface area contributed by atoms with Gasteiger partial charge in [-0.1, -0.05) is 12.1 Å². The van der Waals surface area contributed by atoms with Crippen LogP contribution in [0.15, 0.2) is 24.3 Å². The van der Waals surface area contributed by atoms with Gasteiger partial charge >= 0.3 is 0 Å². The van der Waals surface area contributed by atoms with E-state index in [9.17, 15) is 4.79 Å². The van der Waals surface area contributed by atoms with Crippen molar-refractivity contribution in [2.45, 2.75) is 38.5 Å². The number of nitrogens with zero attached hydrogens (tertiary/aromatic N) is 1. The first-order valence-electron chi connectivity index (χ1n) is 7.46. The zero-order chi connectivity index (χ0) is 15.2. The lowest BCUT2D eigenvalue weighted by atomic mass is 10.1. The van der Waals surface area contributed by atoms with E-state index in [1.807, 2.05) is 31.2 Å². The Morgan fingerprint density at radius 3 is 2.67 bits per heavy atom. The molecule has 116 valence electrons. The van der Waals surface area contributed by atoms with Gasteiger partial charge in [0, 0.05) is 20.1 Å². The van der Waals surface area contributed by atoms with Crippen LogP contribution in [0.4, 0.5) is 0 Å². The van der Waals surface area contributed by atoms with Crippen molar-refractivity contribution in [1.82, 2.24) is 4.90 Å². The first-order valence-corrected chi connectivity index (χ1v) is 7.46. The summed E-state index contributed by atoms with van der Waals surface area (Å²) in [6.07, 6.45) is 1.31. The zero-order valence-corrected chi connectivity index (χ0v) is 12.7. The molecule has 5 nitrogen and oxygen atoms in total. The highest BCUT2D eigenvalue weighted by Crippen LogP contribution is 2.21. The van der Waals surface area contributed by atoms with E-state index in [-0.39, 0.29) is 18.1 Å². The molecule has 1 saturated heterocycles. The number of nitrogens with two attached hydrogens (primary N) is 1. The van der Waals surface area contributed by atoms with Crippen molar-refractivity contribution >= 4 is 5.91 Å². The van der Waals surface area contributed by atoms with Gasteiger partial charge in [-0.05, 0) is 37.5 Å². The summed E-state index contributed by atoms with van der Waals surface area (Å²) >= 11 is 0.